The highest BCUT2D eigenvalue weighted by molar-refractivity contribution is 8.20. The maximum absolute atomic E-state index is 10.7. The third-order valence-corrected chi connectivity index (χ3v) is 3.02. The van der Waals surface area contributed by atoms with Crippen LogP contribution in [0.4, 0.5) is 4.79 Å². The van der Waals surface area contributed by atoms with Gasteiger partial charge in [0, 0.05) is 0 Å². The van der Waals surface area contributed by atoms with Gasteiger partial charge in [-0.05, 0) is 6.92 Å². The van der Waals surface area contributed by atoms with Crippen molar-refractivity contribution in [1.29, 1.82) is 0 Å². The SMILES string of the molecule is COC(=O)OC1(C)COS(O)(O)C1. The summed E-state index contributed by atoms with van der Waals surface area (Å²) < 4.78 is 31.9. The topological polar surface area (TPSA) is 85.2 Å². The number of hydrogen-bond donors (Lipinski definition) is 2. The van der Waals surface area contributed by atoms with Crippen LogP contribution in [0.1, 0.15) is 6.92 Å². The van der Waals surface area contributed by atoms with E-state index in [1.807, 2.05) is 0 Å². The van der Waals surface area contributed by atoms with E-state index in [1.54, 1.807) is 6.92 Å². The Kier molecular flexibility index (Phi) is 2.71. The summed E-state index contributed by atoms with van der Waals surface area (Å²) in [6.45, 7) is 1.51. The number of ether oxygens (including phenoxy) is 2. The minimum absolute atomic E-state index is 0.0373. The van der Waals surface area contributed by atoms with Gasteiger partial charge in [0.2, 0.25) is 0 Å². The lowest BCUT2D eigenvalue weighted by Crippen LogP contribution is -2.35. The Labute approximate surface area is 77.3 Å². The molecule has 13 heavy (non-hydrogen) atoms. The van der Waals surface area contributed by atoms with Crippen LogP contribution in [0.15, 0.2) is 0 Å². The van der Waals surface area contributed by atoms with Gasteiger partial charge in [-0.2, -0.15) is 0 Å². The van der Waals surface area contributed by atoms with Gasteiger partial charge in [-0.25, -0.2) is 4.79 Å². The Hall–Kier alpha value is -0.500. The van der Waals surface area contributed by atoms with E-state index in [-0.39, 0.29) is 12.4 Å². The minimum Gasteiger partial charge on any atom is -0.438 e. The zero-order valence-corrected chi connectivity index (χ0v) is 8.17. The van der Waals surface area contributed by atoms with Gasteiger partial charge in [-0.1, -0.05) is 0 Å². The Morgan fingerprint density at radius 3 is 2.62 bits per heavy atom. The van der Waals surface area contributed by atoms with Gasteiger partial charge in [0.15, 0.2) is 5.60 Å². The predicted octanol–water partition coefficient (Wildman–Crippen LogP) is 1.22. The first-order valence-corrected chi connectivity index (χ1v) is 5.18. The molecule has 0 bridgehead atoms. The lowest BCUT2D eigenvalue weighted by atomic mass is 10.1. The molecule has 1 unspecified atom stereocenters. The Balaban J connectivity index is 2.55. The number of methoxy groups -OCH3 is 1. The molecule has 1 aliphatic heterocycles. The first kappa shape index (κ1) is 10.6. The molecule has 0 aromatic carbocycles. The average molecular weight is 212 g/mol. The van der Waals surface area contributed by atoms with E-state index in [0.717, 1.165) is 0 Å². The quantitative estimate of drug-likeness (QED) is 0.636. The standard InChI is InChI=1S/C6H12O6S/c1-6(12-5(7)10-2)3-11-13(8,9)4-6/h8-9H,3-4H2,1-2H3. The van der Waals surface area contributed by atoms with E-state index < -0.39 is 22.6 Å². The van der Waals surface area contributed by atoms with E-state index in [4.69, 9.17) is 13.8 Å². The van der Waals surface area contributed by atoms with Crippen molar-refractivity contribution in [3.05, 3.63) is 0 Å². The summed E-state index contributed by atoms with van der Waals surface area (Å²) in [7, 11) is -1.86. The summed E-state index contributed by atoms with van der Waals surface area (Å²) in [6, 6.07) is 0. The van der Waals surface area contributed by atoms with Crippen molar-refractivity contribution in [2.24, 2.45) is 0 Å². The highest BCUT2D eigenvalue weighted by atomic mass is 32.3. The lowest BCUT2D eigenvalue weighted by molar-refractivity contribution is -0.0147. The van der Waals surface area contributed by atoms with Crippen LogP contribution >= 0.6 is 10.9 Å². The smallest absolute Gasteiger partial charge is 0.438 e. The number of carbonyl (C=O) groups is 1. The van der Waals surface area contributed by atoms with Crippen LogP contribution in [0.25, 0.3) is 0 Å². The molecule has 6 nitrogen and oxygen atoms in total. The van der Waals surface area contributed by atoms with Crippen LogP contribution in [-0.2, 0) is 13.7 Å². The van der Waals surface area contributed by atoms with E-state index in [1.165, 1.54) is 7.11 Å². The van der Waals surface area contributed by atoms with Crippen molar-refractivity contribution in [2.75, 3.05) is 19.5 Å². The fraction of sp³-hybridized carbons (Fsp3) is 0.833. The molecule has 0 saturated carbocycles. The molecule has 1 heterocycles. The second-order valence-corrected chi connectivity index (χ2v) is 4.76. The fourth-order valence-corrected chi connectivity index (χ4v) is 2.46. The van der Waals surface area contributed by atoms with Crippen LogP contribution in [0.5, 0.6) is 0 Å². The van der Waals surface area contributed by atoms with E-state index >= 15 is 0 Å². The molecule has 0 spiro atoms. The maximum atomic E-state index is 10.7. The molecule has 1 aliphatic rings. The molecule has 1 fully saturated rings. The minimum atomic E-state index is -3.04. The molecule has 1 atom stereocenters. The number of rotatable bonds is 1. The molecule has 0 amide bonds. The monoisotopic (exact) mass is 212 g/mol. The second-order valence-electron chi connectivity index (χ2n) is 3.02. The summed E-state index contributed by atoms with van der Waals surface area (Å²) >= 11 is 0. The molecule has 7 heteroatoms. The molecule has 78 valence electrons. The van der Waals surface area contributed by atoms with Crippen molar-refractivity contribution in [3.63, 3.8) is 0 Å². The number of hydrogen-bond acceptors (Lipinski definition) is 6. The third kappa shape index (κ3) is 2.73. The molecular weight excluding hydrogens is 200 g/mol. The Morgan fingerprint density at radius 2 is 2.23 bits per heavy atom. The Bertz CT molecular complexity index is 217. The summed E-state index contributed by atoms with van der Waals surface area (Å²) in [5, 5.41) is 0. The maximum Gasteiger partial charge on any atom is 0.508 e. The zero-order valence-electron chi connectivity index (χ0n) is 7.35. The van der Waals surface area contributed by atoms with E-state index in [9.17, 15) is 4.79 Å². The van der Waals surface area contributed by atoms with E-state index in [0.29, 0.717) is 0 Å². The van der Waals surface area contributed by atoms with Crippen LogP contribution in [0, 0.1) is 0 Å². The van der Waals surface area contributed by atoms with Gasteiger partial charge >= 0.3 is 6.16 Å². The summed E-state index contributed by atoms with van der Waals surface area (Å²) in [5.41, 5.74) is -1.01. The van der Waals surface area contributed by atoms with Crippen molar-refractivity contribution in [2.45, 2.75) is 12.5 Å². The van der Waals surface area contributed by atoms with Crippen LogP contribution in [0.2, 0.25) is 0 Å². The van der Waals surface area contributed by atoms with Crippen molar-refractivity contribution >= 4 is 17.0 Å². The predicted molar refractivity (Wildman–Crippen MR) is 45.6 cm³/mol. The lowest BCUT2D eigenvalue weighted by Gasteiger charge is -2.22. The molecule has 2 N–H and O–H groups in total. The molecule has 0 aliphatic carbocycles. The molecule has 1 rings (SSSR count). The third-order valence-electron chi connectivity index (χ3n) is 1.54. The van der Waals surface area contributed by atoms with Crippen LogP contribution in [-0.4, -0.2) is 40.3 Å². The van der Waals surface area contributed by atoms with E-state index in [2.05, 4.69) is 8.92 Å². The summed E-state index contributed by atoms with van der Waals surface area (Å²) in [6.07, 6.45) is -0.858. The van der Waals surface area contributed by atoms with Crippen molar-refractivity contribution < 1.29 is 27.6 Å². The zero-order chi connectivity index (χ0) is 10.1. The van der Waals surface area contributed by atoms with Crippen molar-refractivity contribution in [1.82, 2.24) is 0 Å². The first-order valence-electron chi connectivity index (χ1n) is 3.54. The highest BCUT2D eigenvalue weighted by Gasteiger charge is 2.45. The molecule has 1 saturated heterocycles. The van der Waals surface area contributed by atoms with Gasteiger partial charge in [-0.15, -0.1) is 0 Å². The fourth-order valence-electron chi connectivity index (χ4n) is 1.00. The molecular formula is C6H12O6S. The molecule has 0 aromatic rings. The molecule has 0 aromatic heterocycles. The Morgan fingerprint density at radius 1 is 1.62 bits per heavy atom. The van der Waals surface area contributed by atoms with Gasteiger partial charge in [0.1, 0.15) is 6.61 Å². The largest absolute Gasteiger partial charge is 0.508 e. The summed E-state index contributed by atoms with van der Waals surface area (Å²) in [5.74, 6) is -0.116. The summed E-state index contributed by atoms with van der Waals surface area (Å²) in [4.78, 5) is 10.7. The first-order chi connectivity index (χ1) is 5.87. The molecule has 0 radical (unpaired) electrons. The average Bonchev–Trinajstić information content (AvgIpc) is 2.25. The van der Waals surface area contributed by atoms with Crippen LogP contribution < -0.4 is 0 Å². The van der Waals surface area contributed by atoms with Crippen molar-refractivity contribution in [3.8, 4) is 0 Å². The van der Waals surface area contributed by atoms with Crippen LogP contribution in [0.3, 0.4) is 0 Å². The van der Waals surface area contributed by atoms with Gasteiger partial charge in [0.05, 0.1) is 23.7 Å². The van der Waals surface area contributed by atoms with Gasteiger partial charge in [0.25, 0.3) is 0 Å². The normalized spacial score (nSPS) is 33.8. The number of carbonyl (C=O) groups excluding carboxylic acids is 1. The van der Waals surface area contributed by atoms with Gasteiger partial charge < -0.3 is 18.6 Å². The van der Waals surface area contributed by atoms with Gasteiger partial charge in [-0.3, -0.25) is 4.18 Å². The second kappa shape index (κ2) is 3.33. The highest BCUT2D eigenvalue weighted by Crippen LogP contribution is 2.50.